The number of likely N-dealkylation sites (tertiary alicyclic amines) is 1. The predicted octanol–water partition coefficient (Wildman–Crippen LogP) is 4.27. The molecule has 0 spiro atoms. The molecule has 0 aromatic carbocycles. The van der Waals surface area contributed by atoms with Gasteiger partial charge in [0.05, 0.1) is 6.04 Å². The van der Waals surface area contributed by atoms with Crippen molar-refractivity contribution in [1.82, 2.24) is 4.90 Å². The van der Waals surface area contributed by atoms with Crippen molar-refractivity contribution in [2.24, 2.45) is 17.6 Å². The van der Waals surface area contributed by atoms with E-state index < -0.39 is 0 Å². The monoisotopic (exact) mass is 344 g/mol. The largest absolute Gasteiger partial charge is 0.326 e. The molecule has 108 valence electrons. The SMILES string of the molecule is CC1CC(C)C(C)N(C(c2cc(Br)cs2)C(C)N)C1. The summed E-state index contributed by atoms with van der Waals surface area (Å²) in [6.45, 7) is 10.4. The summed E-state index contributed by atoms with van der Waals surface area (Å²) in [4.78, 5) is 4.01. The topological polar surface area (TPSA) is 29.3 Å². The Morgan fingerprint density at radius 1 is 1.42 bits per heavy atom. The molecule has 2 heterocycles. The highest BCUT2D eigenvalue weighted by Gasteiger charge is 2.36. The van der Waals surface area contributed by atoms with Gasteiger partial charge in [-0.15, -0.1) is 11.3 Å². The molecule has 19 heavy (non-hydrogen) atoms. The van der Waals surface area contributed by atoms with Crippen LogP contribution in [0.15, 0.2) is 15.9 Å². The molecule has 1 aromatic heterocycles. The van der Waals surface area contributed by atoms with Gasteiger partial charge in [0, 0.05) is 33.4 Å². The maximum absolute atomic E-state index is 6.31. The first-order valence-electron chi connectivity index (χ1n) is 7.15. The van der Waals surface area contributed by atoms with Gasteiger partial charge in [-0.2, -0.15) is 0 Å². The summed E-state index contributed by atoms with van der Waals surface area (Å²) < 4.78 is 1.17. The minimum atomic E-state index is 0.158. The zero-order valence-corrected chi connectivity index (χ0v) is 14.7. The van der Waals surface area contributed by atoms with Gasteiger partial charge in [-0.05, 0) is 54.1 Å². The maximum atomic E-state index is 6.31. The molecule has 0 saturated carbocycles. The van der Waals surface area contributed by atoms with E-state index >= 15 is 0 Å². The number of hydrogen-bond donors (Lipinski definition) is 1. The summed E-state index contributed by atoms with van der Waals surface area (Å²) in [6.07, 6.45) is 1.33. The van der Waals surface area contributed by atoms with Crippen molar-refractivity contribution in [3.63, 3.8) is 0 Å². The normalized spacial score (nSPS) is 32.2. The number of rotatable bonds is 3. The first-order valence-corrected chi connectivity index (χ1v) is 8.82. The molecule has 4 heteroatoms. The van der Waals surface area contributed by atoms with E-state index in [1.54, 1.807) is 0 Å². The lowest BCUT2D eigenvalue weighted by Crippen LogP contribution is -2.51. The van der Waals surface area contributed by atoms with Gasteiger partial charge in [-0.3, -0.25) is 4.90 Å². The molecule has 0 bridgehead atoms. The molecule has 2 N–H and O–H groups in total. The molecule has 5 atom stereocenters. The van der Waals surface area contributed by atoms with E-state index in [4.69, 9.17) is 5.73 Å². The predicted molar refractivity (Wildman–Crippen MR) is 87.5 cm³/mol. The third-order valence-electron chi connectivity index (χ3n) is 4.38. The van der Waals surface area contributed by atoms with E-state index in [0.29, 0.717) is 12.1 Å². The Morgan fingerprint density at radius 2 is 2.11 bits per heavy atom. The molecule has 1 aliphatic rings. The number of thiophene rings is 1. The van der Waals surface area contributed by atoms with Crippen LogP contribution in [0, 0.1) is 11.8 Å². The van der Waals surface area contributed by atoms with Gasteiger partial charge in [0.2, 0.25) is 0 Å². The zero-order valence-electron chi connectivity index (χ0n) is 12.3. The molecule has 1 aromatic rings. The van der Waals surface area contributed by atoms with Crippen LogP contribution in [0.3, 0.4) is 0 Å². The molecule has 1 aliphatic heterocycles. The summed E-state index contributed by atoms with van der Waals surface area (Å²) in [5.74, 6) is 1.50. The quantitative estimate of drug-likeness (QED) is 0.887. The first-order chi connectivity index (χ1) is 8.90. The highest BCUT2D eigenvalue weighted by atomic mass is 79.9. The Hall–Kier alpha value is 0.1000. The summed E-state index contributed by atoms with van der Waals surface area (Å²) in [5.41, 5.74) is 6.31. The van der Waals surface area contributed by atoms with Crippen molar-refractivity contribution in [2.75, 3.05) is 6.54 Å². The molecule has 0 radical (unpaired) electrons. The Labute approximate surface area is 129 Å². The van der Waals surface area contributed by atoms with Crippen molar-refractivity contribution < 1.29 is 0 Å². The number of piperidine rings is 1. The van der Waals surface area contributed by atoms with Crippen molar-refractivity contribution in [1.29, 1.82) is 0 Å². The average Bonchev–Trinajstić information content (AvgIpc) is 2.71. The Balaban J connectivity index is 2.28. The van der Waals surface area contributed by atoms with Crippen LogP contribution >= 0.6 is 27.3 Å². The maximum Gasteiger partial charge on any atom is 0.0593 e. The van der Waals surface area contributed by atoms with E-state index in [-0.39, 0.29) is 6.04 Å². The molecular formula is C15H25BrN2S. The second kappa shape index (κ2) is 6.25. The lowest BCUT2D eigenvalue weighted by molar-refractivity contribution is 0.0328. The van der Waals surface area contributed by atoms with Crippen LogP contribution in [0.4, 0.5) is 0 Å². The van der Waals surface area contributed by atoms with Gasteiger partial charge in [0.25, 0.3) is 0 Å². The van der Waals surface area contributed by atoms with Gasteiger partial charge < -0.3 is 5.73 Å². The van der Waals surface area contributed by atoms with Crippen LogP contribution < -0.4 is 5.73 Å². The van der Waals surface area contributed by atoms with Crippen LogP contribution in [0.2, 0.25) is 0 Å². The summed E-state index contributed by atoms with van der Waals surface area (Å²) >= 11 is 5.38. The number of nitrogens with zero attached hydrogens (tertiary/aromatic N) is 1. The van der Waals surface area contributed by atoms with Gasteiger partial charge >= 0.3 is 0 Å². The third-order valence-corrected chi connectivity index (χ3v) is 6.14. The van der Waals surface area contributed by atoms with Crippen LogP contribution in [0.1, 0.15) is 45.0 Å². The number of hydrogen-bond acceptors (Lipinski definition) is 3. The van der Waals surface area contributed by atoms with Crippen LogP contribution in [-0.4, -0.2) is 23.5 Å². The van der Waals surface area contributed by atoms with Gasteiger partial charge in [0.15, 0.2) is 0 Å². The standard InChI is InChI=1S/C15H25BrN2S/c1-9-5-10(2)12(4)18(7-9)15(11(3)17)14-6-13(16)8-19-14/h6,8-12,15H,5,7,17H2,1-4H3. The van der Waals surface area contributed by atoms with E-state index in [9.17, 15) is 0 Å². The number of nitrogens with two attached hydrogens (primary N) is 1. The first kappa shape index (κ1) is 15.5. The minimum absolute atomic E-state index is 0.158. The van der Waals surface area contributed by atoms with Crippen molar-refractivity contribution >= 4 is 27.3 Å². The highest BCUT2D eigenvalue weighted by molar-refractivity contribution is 9.10. The third kappa shape index (κ3) is 3.41. The summed E-state index contributed by atoms with van der Waals surface area (Å²) in [7, 11) is 0. The fraction of sp³-hybridized carbons (Fsp3) is 0.733. The summed E-state index contributed by atoms with van der Waals surface area (Å²) in [6, 6.07) is 3.34. The van der Waals surface area contributed by atoms with Crippen LogP contribution in [-0.2, 0) is 0 Å². The fourth-order valence-corrected chi connectivity index (χ4v) is 5.01. The molecule has 0 aliphatic carbocycles. The fourth-order valence-electron chi connectivity index (χ4n) is 3.33. The minimum Gasteiger partial charge on any atom is -0.326 e. The lowest BCUT2D eigenvalue weighted by Gasteiger charge is -2.46. The summed E-state index contributed by atoms with van der Waals surface area (Å²) in [5, 5.41) is 2.16. The second-order valence-electron chi connectivity index (χ2n) is 6.23. The lowest BCUT2D eigenvalue weighted by atomic mass is 9.84. The Kier molecular flexibility index (Phi) is 5.09. The van der Waals surface area contributed by atoms with Crippen molar-refractivity contribution in [3.05, 3.63) is 20.8 Å². The Bertz CT molecular complexity index is 418. The van der Waals surface area contributed by atoms with E-state index in [2.05, 4.69) is 60.0 Å². The molecule has 2 nitrogen and oxygen atoms in total. The molecular weight excluding hydrogens is 320 g/mol. The molecule has 1 fully saturated rings. The van der Waals surface area contributed by atoms with Crippen LogP contribution in [0.25, 0.3) is 0 Å². The van der Waals surface area contributed by atoms with Gasteiger partial charge in [-0.1, -0.05) is 13.8 Å². The molecule has 5 unspecified atom stereocenters. The number of halogens is 1. The van der Waals surface area contributed by atoms with Crippen molar-refractivity contribution in [3.8, 4) is 0 Å². The van der Waals surface area contributed by atoms with E-state index in [1.165, 1.54) is 15.8 Å². The van der Waals surface area contributed by atoms with E-state index in [0.717, 1.165) is 18.4 Å². The average molecular weight is 345 g/mol. The van der Waals surface area contributed by atoms with Gasteiger partial charge in [-0.25, -0.2) is 0 Å². The second-order valence-corrected chi connectivity index (χ2v) is 8.09. The molecule has 2 rings (SSSR count). The van der Waals surface area contributed by atoms with E-state index in [1.807, 2.05) is 11.3 Å². The Morgan fingerprint density at radius 3 is 2.63 bits per heavy atom. The van der Waals surface area contributed by atoms with Crippen LogP contribution in [0.5, 0.6) is 0 Å². The molecule has 0 amide bonds. The van der Waals surface area contributed by atoms with Crippen molar-refractivity contribution in [2.45, 2.75) is 52.2 Å². The smallest absolute Gasteiger partial charge is 0.0593 e. The highest BCUT2D eigenvalue weighted by Crippen LogP contribution is 2.38. The molecule has 1 saturated heterocycles. The zero-order chi connectivity index (χ0) is 14.2. The van der Waals surface area contributed by atoms with Gasteiger partial charge in [0.1, 0.15) is 0 Å².